The van der Waals surface area contributed by atoms with E-state index in [4.69, 9.17) is 15.7 Å². The minimum atomic E-state index is -0.0362. The topological polar surface area (TPSA) is 80.7 Å². The molecule has 0 radical (unpaired) electrons. The summed E-state index contributed by atoms with van der Waals surface area (Å²) >= 11 is 0. The van der Waals surface area contributed by atoms with Gasteiger partial charge in [-0.3, -0.25) is 4.98 Å². The first-order valence-corrected chi connectivity index (χ1v) is 7.00. The lowest BCUT2D eigenvalue weighted by molar-refractivity contribution is 0.318. The molecule has 0 saturated carbocycles. The molecule has 0 amide bonds. The molecule has 2 aromatic rings. The number of nitrogens with zero attached hydrogens (tertiary/aromatic N) is 2. The number of rotatable bonds is 3. The Bertz CT molecular complexity index is 683. The number of hydrogen-bond acceptors (Lipinski definition) is 4. The molecule has 0 bridgehead atoms. The van der Waals surface area contributed by atoms with Gasteiger partial charge in [0.15, 0.2) is 5.84 Å². The highest BCUT2D eigenvalue weighted by Crippen LogP contribution is 2.28. The zero-order valence-electron chi connectivity index (χ0n) is 11.6. The van der Waals surface area contributed by atoms with Crippen LogP contribution in [0.15, 0.2) is 41.7 Å². The maximum atomic E-state index is 8.68. The first-order valence-electron chi connectivity index (χ1n) is 7.00. The van der Waals surface area contributed by atoms with E-state index in [0.29, 0.717) is 11.4 Å². The molecule has 0 unspecified atom stereocenters. The maximum absolute atomic E-state index is 8.68. The normalized spacial score (nSPS) is 14.6. The molecular weight excluding hydrogens is 266 g/mol. The van der Waals surface area contributed by atoms with Gasteiger partial charge in [-0.05, 0) is 55.0 Å². The van der Waals surface area contributed by atoms with Gasteiger partial charge >= 0.3 is 0 Å². The molecule has 1 aromatic heterocycles. The summed E-state index contributed by atoms with van der Waals surface area (Å²) in [5.41, 5.74) is 8.69. The van der Waals surface area contributed by atoms with E-state index in [0.717, 1.165) is 18.6 Å². The molecule has 1 heterocycles. The van der Waals surface area contributed by atoms with Crippen molar-refractivity contribution < 1.29 is 9.94 Å². The van der Waals surface area contributed by atoms with Crippen molar-refractivity contribution in [3.63, 3.8) is 0 Å². The molecule has 0 saturated heterocycles. The number of aromatic nitrogens is 1. The van der Waals surface area contributed by atoms with Crippen LogP contribution in [0.1, 0.15) is 29.7 Å². The zero-order valence-corrected chi connectivity index (χ0v) is 11.6. The Kier molecular flexibility index (Phi) is 3.73. The molecule has 3 N–H and O–H groups in total. The Labute approximate surface area is 123 Å². The van der Waals surface area contributed by atoms with Crippen LogP contribution in [0.3, 0.4) is 0 Å². The highest BCUT2D eigenvalue weighted by Gasteiger charge is 2.10. The summed E-state index contributed by atoms with van der Waals surface area (Å²) < 4.78 is 5.85. The van der Waals surface area contributed by atoms with Crippen LogP contribution >= 0.6 is 0 Å². The predicted molar refractivity (Wildman–Crippen MR) is 79.9 cm³/mol. The van der Waals surface area contributed by atoms with Gasteiger partial charge in [-0.1, -0.05) is 11.2 Å². The molecule has 5 nitrogen and oxygen atoms in total. The number of pyridine rings is 1. The number of amidine groups is 1. The van der Waals surface area contributed by atoms with Crippen LogP contribution in [0, 0.1) is 0 Å². The summed E-state index contributed by atoms with van der Waals surface area (Å²) in [6.07, 6.45) is 6.33. The number of hydrogen-bond donors (Lipinski definition) is 2. The summed E-state index contributed by atoms with van der Waals surface area (Å²) in [6, 6.07) is 9.60. The van der Waals surface area contributed by atoms with Crippen LogP contribution in [0.25, 0.3) is 0 Å². The Hall–Kier alpha value is -2.56. The van der Waals surface area contributed by atoms with E-state index in [-0.39, 0.29) is 5.84 Å². The first-order chi connectivity index (χ1) is 10.3. The van der Waals surface area contributed by atoms with Crippen molar-refractivity contribution in [2.24, 2.45) is 10.9 Å². The number of ether oxygens (including phenoxy) is 1. The molecule has 21 heavy (non-hydrogen) atoms. The number of aryl methyl sites for hydroxylation is 2. The fourth-order valence-corrected chi connectivity index (χ4v) is 2.58. The average molecular weight is 283 g/mol. The summed E-state index contributed by atoms with van der Waals surface area (Å²) in [4.78, 5) is 4.03. The second-order valence-electron chi connectivity index (χ2n) is 5.10. The Morgan fingerprint density at radius 3 is 2.67 bits per heavy atom. The minimum absolute atomic E-state index is 0.0362. The van der Waals surface area contributed by atoms with Crippen molar-refractivity contribution in [1.29, 1.82) is 0 Å². The van der Waals surface area contributed by atoms with Crippen molar-refractivity contribution in [1.82, 2.24) is 4.98 Å². The average Bonchev–Trinajstić information content (AvgIpc) is 2.54. The van der Waals surface area contributed by atoms with Gasteiger partial charge < -0.3 is 15.7 Å². The van der Waals surface area contributed by atoms with E-state index in [1.54, 1.807) is 18.3 Å². The zero-order chi connectivity index (χ0) is 14.7. The van der Waals surface area contributed by atoms with E-state index in [1.807, 2.05) is 6.07 Å². The summed E-state index contributed by atoms with van der Waals surface area (Å²) in [5, 5.41) is 11.6. The Morgan fingerprint density at radius 2 is 1.86 bits per heavy atom. The highest BCUT2D eigenvalue weighted by atomic mass is 16.5. The van der Waals surface area contributed by atoms with Crippen LogP contribution in [0.4, 0.5) is 0 Å². The highest BCUT2D eigenvalue weighted by molar-refractivity contribution is 5.95. The van der Waals surface area contributed by atoms with Gasteiger partial charge in [0.2, 0.25) is 0 Å². The molecule has 1 aliphatic rings. The number of oxime groups is 1. The van der Waals surface area contributed by atoms with Gasteiger partial charge in [-0.25, -0.2) is 0 Å². The summed E-state index contributed by atoms with van der Waals surface area (Å²) in [7, 11) is 0. The number of benzene rings is 1. The van der Waals surface area contributed by atoms with Gasteiger partial charge in [0, 0.05) is 12.3 Å². The van der Waals surface area contributed by atoms with E-state index in [2.05, 4.69) is 22.3 Å². The van der Waals surface area contributed by atoms with Gasteiger partial charge in [-0.2, -0.15) is 0 Å². The quantitative estimate of drug-likeness (QED) is 0.393. The predicted octanol–water partition coefficient (Wildman–Crippen LogP) is 2.85. The lowest BCUT2D eigenvalue weighted by atomic mass is 9.92. The van der Waals surface area contributed by atoms with Gasteiger partial charge in [-0.15, -0.1) is 0 Å². The van der Waals surface area contributed by atoms with Crippen LogP contribution in [-0.2, 0) is 12.8 Å². The van der Waals surface area contributed by atoms with E-state index in [9.17, 15) is 0 Å². The van der Waals surface area contributed by atoms with E-state index >= 15 is 0 Å². The molecule has 5 heteroatoms. The molecule has 0 spiro atoms. The smallest absolute Gasteiger partial charge is 0.188 e. The lowest BCUT2D eigenvalue weighted by Gasteiger charge is -2.16. The Balaban J connectivity index is 1.83. The van der Waals surface area contributed by atoms with Gasteiger partial charge in [0.05, 0.1) is 0 Å². The summed E-state index contributed by atoms with van der Waals surface area (Å²) in [5.74, 6) is 1.38. The standard InChI is InChI=1S/C16H17N3O2/c17-16(19-20)15-10-14(7-8-18-15)21-13-6-5-11-3-1-2-4-12(11)9-13/h5-10,20H,1-4H2,(H2,17,19). The van der Waals surface area contributed by atoms with Crippen molar-refractivity contribution in [2.45, 2.75) is 25.7 Å². The second kappa shape index (κ2) is 5.83. The monoisotopic (exact) mass is 283 g/mol. The molecule has 0 aliphatic heterocycles. The summed E-state index contributed by atoms with van der Waals surface area (Å²) in [6.45, 7) is 0. The Morgan fingerprint density at radius 1 is 1.10 bits per heavy atom. The molecule has 3 rings (SSSR count). The minimum Gasteiger partial charge on any atom is -0.457 e. The lowest BCUT2D eigenvalue weighted by Crippen LogP contribution is -2.14. The van der Waals surface area contributed by atoms with Crippen LogP contribution in [0.2, 0.25) is 0 Å². The third-order valence-corrected chi connectivity index (χ3v) is 3.66. The third-order valence-electron chi connectivity index (χ3n) is 3.66. The first kappa shape index (κ1) is 13.4. The molecule has 0 fully saturated rings. The largest absolute Gasteiger partial charge is 0.457 e. The number of fused-ring (bicyclic) bond motifs is 1. The number of nitrogens with two attached hydrogens (primary N) is 1. The van der Waals surface area contributed by atoms with Crippen molar-refractivity contribution in [2.75, 3.05) is 0 Å². The maximum Gasteiger partial charge on any atom is 0.188 e. The van der Waals surface area contributed by atoms with Crippen LogP contribution in [-0.4, -0.2) is 16.0 Å². The van der Waals surface area contributed by atoms with Crippen LogP contribution in [0.5, 0.6) is 11.5 Å². The van der Waals surface area contributed by atoms with E-state index < -0.39 is 0 Å². The third kappa shape index (κ3) is 2.97. The fraction of sp³-hybridized carbons (Fsp3) is 0.250. The van der Waals surface area contributed by atoms with Crippen LogP contribution < -0.4 is 10.5 Å². The molecule has 1 aromatic carbocycles. The second-order valence-corrected chi connectivity index (χ2v) is 5.10. The van der Waals surface area contributed by atoms with Crippen molar-refractivity contribution in [3.05, 3.63) is 53.3 Å². The van der Waals surface area contributed by atoms with Gasteiger partial charge in [0.25, 0.3) is 0 Å². The molecule has 108 valence electrons. The van der Waals surface area contributed by atoms with Crippen molar-refractivity contribution >= 4 is 5.84 Å². The van der Waals surface area contributed by atoms with Gasteiger partial charge in [0.1, 0.15) is 17.2 Å². The van der Waals surface area contributed by atoms with E-state index in [1.165, 1.54) is 24.0 Å². The molecule has 1 aliphatic carbocycles. The molecular formula is C16H17N3O2. The van der Waals surface area contributed by atoms with Crippen molar-refractivity contribution in [3.8, 4) is 11.5 Å². The molecule has 0 atom stereocenters. The fourth-order valence-electron chi connectivity index (χ4n) is 2.58. The SMILES string of the molecule is NC(=NO)c1cc(Oc2ccc3c(c2)CCCC3)ccn1.